The van der Waals surface area contributed by atoms with Gasteiger partial charge >= 0.3 is 0 Å². The van der Waals surface area contributed by atoms with E-state index < -0.39 is 4.92 Å². The smallest absolute Gasteiger partial charge is 0.293 e. The second-order valence-electron chi connectivity index (χ2n) is 5.97. The first kappa shape index (κ1) is 17.4. The van der Waals surface area contributed by atoms with Crippen LogP contribution in [0.15, 0.2) is 23.4 Å². The number of nitrogens with zero attached hydrogens (tertiary/aromatic N) is 4. The summed E-state index contributed by atoms with van der Waals surface area (Å²) in [4.78, 5) is 22.8. The van der Waals surface area contributed by atoms with Crippen molar-refractivity contribution in [2.24, 2.45) is 0 Å². The summed E-state index contributed by atoms with van der Waals surface area (Å²) < 4.78 is 2.03. The predicted molar refractivity (Wildman–Crippen MR) is 94.9 cm³/mol. The number of aryl methyl sites for hydroxylation is 1. The van der Waals surface area contributed by atoms with Crippen LogP contribution in [0.2, 0.25) is 0 Å². The second kappa shape index (κ2) is 7.22. The van der Waals surface area contributed by atoms with Gasteiger partial charge in [0.05, 0.1) is 10.7 Å². The minimum absolute atomic E-state index is 0.105. The van der Waals surface area contributed by atoms with Gasteiger partial charge in [-0.15, -0.1) is 10.2 Å². The molecule has 1 saturated carbocycles. The van der Waals surface area contributed by atoms with Gasteiger partial charge in [0, 0.05) is 18.5 Å². The maximum absolute atomic E-state index is 12.2. The topological polar surface area (TPSA) is 103 Å². The highest BCUT2D eigenvalue weighted by molar-refractivity contribution is 7.99. The van der Waals surface area contributed by atoms with Crippen molar-refractivity contribution in [2.75, 3.05) is 11.1 Å². The van der Waals surface area contributed by atoms with Crippen LogP contribution in [0.1, 0.15) is 37.1 Å². The Kier molecular flexibility index (Phi) is 5.03. The summed E-state index contributed by atoms with van der Waals surface area (Å²) in [7, 11) is 0. The second-order valence-corrected chi connectivity index (χ2v) is 6.92. The van der Waals surface area contributed by atoms with Gasteiger partial charge in [0.15, 0.2) is 5.16 Å². The fraction of sp³-hybridized carbons (Fsp3) is 0.438. The predicted octanol–water partition coefficient (Wildman–Crippen LogP) is 3.12. The molecule has 1 aliphatic carbocycles. The maximum atomic E-state index is 12.2. The third kappa shape index (κ3) is 3.98. The van der Waals surface area contributed by atoms with Crippen LogP contribution in [0.3, 0.4) is 0 Å². The van der Waals surface area contributed by atoms with E-state index >= 15 is 0 Å². The lowest BCUT2D eigenvalue weighted by Crippen LogP contribution is -2.15. The summed E-state index contributed by atoms with van der Waals surface area (Å²) in [5.74, 6) is 1.29. The van der Waals surface area contributed by atoms with Gasteiger partial charge in [-0.05, 0) is 38.3 Å². The van der Waals surface area contributed by atoms with Crippen molar-refractivity contribution in [1.29, 1.82) is 0 Å². The lowest BCUT2D eigenvalue weighted by Gasteiger charge is -2.08. The van der Waals surface area contributed by atoms with Crippen molar-refractivity contribution >= 4 is 29.0 Å². The molecule has 0 aliphatic heterocycles. The highest BCUT2D eigenvalue weighted by Gasteiger charge is 2.30. The van der Waals surface area contributed by atoms with Gasteiger partial charge in [-0.1, -0.05) is 17.8 Å². The number of thioether (sulfide) groups is 1. The normalized spacial score (nSPS) is 13.7. The molecule has 1 aromatic heterocycles. The SMILES string of the molecule is CCn1c(SCC(=O)Nc2ccc(C)cc2[N+](=O)[O-])nnc1C1CC1. The summed E-state index contributed by atoms with van der Waals surface area (Å²) in [5.41, 5.74) is 0.866. The molecule has 3 rings (SSSR count). The lowest BCUT2D eigenvalue weighted by molar-refractivity contribution is -0.384. The Morgan fingerprint density at radius 2 is 2.20 bits per heavy atom. The fourth-order valence-corrected chi connectivity index (χ4v) is 3.37. The molecule has 1 N–H and O–H groups in total. The highest BCUT2D eigenvalue weighted by atomic mass is 32.2. The van der Waals surface area contributed by atoms with Gasteiger partial charge < -0.3 is 9.88 Å². The van der Waals surface area contributed by atoms with Gasteiger partial charge in [-0.3, -0.25) is 14.9 Å². The Morgan fingerprint density at radius 3 is 2.84 bits per heavy atom. The molecule has 0 radical (unpaired) electrons. The number of benzene rings is 1. The molecule has 8 nitrogen and oxygen atoms in total. The van der Waals surface area contributed by atoms with E-state index in [0.717, 1.165) is 30.8 Å². The molecule has 1 heterocycles. The van der Waals surface area contributed by atoms with Crippen LogP contribution in [0.4, 0.5) is 11.4 Å². The van der Waals surface area contributed by atoms with E-state index in [1.165, 1.54) is 17.8 Å². The quantitative estimate of drug-likeness (QED) is 0.462. The van der Waals surface area contributed by atoms with Crippen LogP contribution in [0, 0.1) is 17.0 Å². The Labute approximate surface area is 149 Å². The Hall–Kier alpha value is -2.42. The first-order valence-corrected chi connectivity index (χ1v) is 9.09. The van der Waals surface area contributed by atoms with Crippen molar-refractivity contribution in [2.45, 2.75) is 44.3 Å². The summed E-state index contributed by atoms with van der Waals surface area (Å²) in [6, 6.07) is 4.72. The van der Waals surface area contributed by atoms with Crippen molar-refractivity contribution in [3.63, 3.8) is 0 Å². The Morgan fingerprint density at radius 1 is 1.44 bits per heavy atom. The molecule has 0 spiro atoms. The number of nitro groups is 1. The minimum atomic E-state index is -0.495. The summed E-state index contributed by atoms with van der Waals surface area (Å²) >= 11 is 1.29. The van der Waals surface area contributed by atoms with Crippen LogP contribution < -0.4 is 5.32 Å². The number of carbonyl (C=O) groups excluding carboxylic acids is 1. The molecule has 0 atom stereocenters. The van der Waals surface area contributed by atoms with Gasteiger partial charge in [-0.25, -0.2) is 0 Å². The van der Waals surface area contributed by atoms with Crippen LogP contribution >= 0.6 is 11.8 Å². The van der Waals surface area contributed by atoms with Crippen LogP contribution in [0.25, 0.3) is 0 Å². The van der Waals surface area contributed by atoms with Gasteiger partial charge in [0.1, 0.15) is 11.5 Å². The number of nitro benzene ring substituents is 1. The van der Waals surface area contributed by atoms with Crippen LogP contribution in [-0.2, 0) is 11.3 Å². The molecule has 25 heavy (non-hydrogen) atoms. The largest absolute Gasteiger partial charge is 0.320 e. The van der Waals surface area contributed by atoms with E-state index in [0.29, 0.717) is 11.1 Å². The number of hydrogen-bond donors (Lipinski definition) is 1. The molecule has 0 unspecified atom stereocenters. The number of carbonyl (C=O) groups is 1. The molecule has 0 saturated heterocycles. The van der Waals surface area contributed by atoms with Gasteiger partial charge in [0.25, 0.3) is 5.69 Å². The number of hydrogen-bond acceptors (Lipinski definition) is 6. The standard InChI is InChI=1S/C16H19N5O3S/c1-3-20-15(11-5-6-11)18-19-16(20)25-9-14(22)17-12-7-4-10(2)8-13(12)21(23)24/h4,7-8,11H,3,5-6,9H2,1-2H3,(H,17,22). The first-order valence-electron chi connectivity index (χ1n) is 8.10. The van der Waals surface area contributed by atoms with Gasteiger partial charge in [0.2, 0.25) is 5.91 Å². The zero-order valence-corrected chi connectivity index (χ0v) is 14.9. The third-order valence-electron chi connectivity index (χ3n) is 3.96. The molecule has 1 aliphatic rings. The van der Waals surface area contributed by atoms with Crippen LogP contribution in [-0.4, -0.2) is 31.3 Å². The van der Waals surface area contributed by atoms with Crippen LogP contribution in [0.5, 0.6) is 0 Å². The minimum Gasteiger partial charge on any atom is -0.320 e. The summed E-state index contributed by atoms with van der Waals surface area (Å²) in [6.07, 6.45) is 2.28. The Balaban J connectivity index is 1.65. The van der Waals surface area contributed by atoms with E-state index in [1.807, 2.05) is 11.5 Å². The van der Waals surface area contributed by atoms with Crippen molar-refractivity contribution < 1.29 is 9.72 Å². The zero-order valence-electron chi connectivity index (χ0n) is 14.1. The summed E-state index contributed by atoms with van der Waals surface area (Å²) in [5, 5.41) is 22.8. The van der Waals surface area contributed by atoms with E-state index in [2.05, 4.69) is 15.5 Å². The first-order chi connectivity index (χ1) is 12.0. The molecule has 1 aromatic carbocycles. The van der Waals surface area contributed by atoms with Gasteiger partial charge in [-0.2, -0.15) is 0 Å². The number of amides is 1. The maximum Gasteiger partial charge on any atom is 0.293 e. The summed E-state index contributed by atoms with van der Waals surface area (Å²) in [6.45, 7) is 4.55. The average molecular weight is 361 g/mol. The third-order valence-corrected chi connectivity index (χ3v) is 4.93. The van der Waals surface area contributed by atoms with E-state index in [9.17, 15) is 14.9 Å². The average Bonchev–Trinajstić information content (AvgIpc) is 3.34. The number of nitrogens with one attached hydrogen (secondary N) is 1. The highest BCUT2D eigenvalue weighted by Crippen LogP contribution is 2.40. The van der Waals surface area contributed by atoms with E-state index in [-0.39, 0.29) is 23.0 Å². The number of anilines is 1. The monoisotopic (exact) mass is 361 g/mol. The molecule has 9 heteroatoms. The lowest BCUT2D eigenvalue weighted by atomic mass is 10.2. The molecule has 1 amide bonds. The van der Waals surface area contributed by atoms with E-state index in [1.54, 1.807) is 19.1 Å². The molecule has 2 aromatic rings. The number of aromatic nitrogens is 3. The fourth-order valence-electron chi connectivity index (χ4n) is 2.56. The van der Waals surface area contributed by atoms with Crippen molar-refractivity contribution in [3.05, 3.63) is 39.7 Å². The Bertz CT molecular complexity index is 816. The van der Waals surface area contributed by atoms with Crippen molar-refractivity contribution in [1.82, 2.24) is 14.8 Å². The van der Waals surface area contributed by atoms with E-state index in [4.69, 9.17) is 0 Å². The molecular weight excluding hydrogens is 342 g/mol. The molecule has 0 bridgehead atoms. The number of rotatable bonds is 7. The zero-order chi connectivity index (χ0) is 18.0. The molecular formula is C16H19N5O3S. The molecule has 1 fully saturated rings. The van der Waals surface area contributed by atoms with Crippen molar-refractivity contribution in [3.8, 4) is 0 Å². The molecule has 132 valence electrons.